The summed E-state index contributed by atoms with van der Waals surface area (Å²) in [7, 11) is 7.82. The van der Waals surface area contributed by atoms with Crippen LogP contribution in [0.3, 0.4) is 0 Å². The van der Waals surface area contributed by atoms with Crippen molar-refractivity contribution >= 4 is 11.4 Å². The maximum Gasteiger partial charge on any atom is 0.261 e. The lowest BCUT2D eigenvalue weighted by molar-refractivity contribution is -0.649. The molecule has 0 spiro atoms. The SMILES string of the molecule is COC1=CC(=C(c2cc(OC)c([O-])c(OC)c2)c2cc(-c3ccccc3)[n+](C)c(-c3ccccc3)c2)C=C(OC)C1=O. The first-order valence-electron chi connectivity index (χ1n) is 13.3. The van der Waals surface area contributed by atoms with Crippen LogP contribution in [0.15, 0.2) is 114 Å². The molecule has 0 N–H and O–H groups in total. The Kier molecular flexibility index (Phi) is 8.11. The van der Waals surface area contributed by atoms with Crippen molar-refractivity contribution in [3.8, 4) is 39.8 Å². The Labute approximate surface area is 245 Å². The molecule has 0 aliphatic heterocycles. The number of carbonyl (C=O) groups is 1. The highest BCUT2D eigenvalue weighted by atomic mass is 16.5. The summed E-state index contributed by atoms with van der Waals surface area (Å²) in [6, 6.07) is 27.7. The van der Waals surface area contributed by atoms with Crippen molar-refractivity contribution in [2.75, 3.05) is 28.4 Å². The van der Waals surface area contributed by atoms with E-state index in [0.717, 1.165) is 33.7 Å². The van der Waals surface area contributed by atoms with Gasteiger partial charge in [0.2, 0.25) is 11.4 Å². The molecule has 0 radical (unpaired) electrons. The number of benzene rings is 3. The lowest BCUT2D eigenvalue weighted by atomic mass is 9.88. The van der Waals surface area contributed by atoms with E-state index in [-0.39, 0.29) is 34.6 Å². The Bertz CT molecular complexity index is 1620. The third-order valence-corrected chi connectivity index (χ3v) is 7.23. The van der Waals surface area contributed by atoms with Gasteiger partial charge in [0.15, 0.2) is 11.5 Å². The van der Waals surface area contributed by atoms with Crippen molar-refractivity contribution in [3.63, 3.8) is 0 Å². The van der Waals surface area contributed by atoms with Crippen molar-refractivity contribution in [1.29, 1.82) is 0 Å². The van der Waals surface area contributed by atoms with Crippen LogP contribution in [-0.2, 0) is 21.3 Å². The molecule has 212 valence electrons. The minimum atomic E-state index is -0.359. The zero-order valence-electron chi connectivity index (χ0n) is 24.1. The smallest absolute Gasteiger partial charge is 0.261 e. The standard InChI is InChI=1S/C35H31NO6/c1-36-27(22-12-8-6-9-13-22)16-24(17-28(36)23-14-10-7-11-15-23)33(25-18-29(39-2)34(37)30(19-25)40-3)26-20-31(41-4)35(38)32(21-26)42-5/h6-21H,1-5H3. The maximum atomic E-state index is 12.9. The van der Waals surface area contributed by atoms with E-state index in [1.54, 1.807) is 24.3 Å². The van der Waals surface area contributed by atoms with Crippen molar-refractivity contribution < 1.29 is 33.4 Å². The fourth-order valence-electron chi connectivity index (χ4n) is 5.12. The van der Waals surface area contributed by atoms with Gasteiger partial charge in [0.25, 0.3) is 5.78 Å². The zero-order valence-corrected chi connectivity index (χ0v) is 24.1. The fraction of sp³-hybridized carbons (Fsp3) is 0.143. The summed E-state index contributed by atoms with van der Waals surface area (Å²) in [6.45, 7) is 0. The molecule has 7 heteroatoms. The molecule has 5 rings (SSSR count). The van der Waals surface area contributed by atoms with E-state index in [0.29, 0.717) is 11.1 Å². The van der Waals surface area contributed by atoms with Crippen molar-refractivity contribution in [2.45, 2.75) is 0 Å². The molecular weight excluding hydrogens is 530 g/mol. The molecule has 1 aromatic heterocycles. The largest absolute Gasteiger partial charge is 0.867 e. The molecule has 0 amide bonds. The summed E-state index contributed by atoms with van der Waals surface area (Å²) in [4.78, 5) is 12.9. The number of ketones is 1. The molecule has 0 fully saturated rings. The topological polar surface area (TPSA) is 80.9 Å². The highest BCUT2D eigenvalue weighted by molar-refractivity contribution is 6.08. The van der Waals surface area contributed by atoms with Crippen molar-refractivity contribution in [1.82, 2.24) is 0 Å². The number of pyridine rings is 1. The maximum absolute atomic E-state index is 12.9. The number of nitrogens with zero attached hydrogens (tertiary/aromatic N) is 1. The summed E-state index contributed by atoms with van der Waals surface area (Å²) >= 11 is 0. The average Bonchev–Trinajstić information content (AvgIpc) is 3.03. The number of methoxy groups -OCH3 is 4. The Morgan fingerprint density at radius 2 is 1.07 bits per heavy atom. The predicted molar refractivity (Wildman–Crippen MR) is 159 cm³/mol. The van der Waals surface area contributed by atoms with E-state index in [1.165, 1.54) is 28.4 Å². The molecular formula is C35H31NO6. The van der Waals surface area contributed by atoms with E-state index < -0.39 is 0 Å². The molecule has 1 heterocycles. The minimum absolute atomic E-state index is 0.134. The van der Waals surface area contributed by atoms with Crippen molar-refractivity contribution in [3.05, 3.63) is 125 Å². The third kappa shape index (κ3) is 5.24. The summed E-state index contributed by atoms with van der Waals surface area (Å²) in [5.41, 5.74) is 6.82. The van der Waals surface area contributed by atoms with Crippen LogP contribution in [0, 0.1) is 0 Å². The first-order chi connectivity index (χ1) is 20.4. The highest BCUT2D eigenvalue weighted by Crippen LogP contribution is 2.41. The molecule has 0 saturated carbocycles. The molecule has 0 bridgehead atoms. The Balaban J connectivity index is 1.92. The fourth-order valence-corrected chi connectivity index (χ4v) is 5.12. The number of ether oxygens (including phenoxy) is 4. The summed E-state index contributed by atoms with van der Waals surface area (Å²) in [5, 5.41) is 12.9. The number of carbonyl (C=O) groups excluding carboxylic acids is 1. The van der Waals surface area contributed by atoms with Gasteiger partial charge in [-0.3, -0.25) is 4.79 Å². The van der Waals surface area contributed by atoms with Gasteiger partial charge in [-0.15, -0.1) is 0 Å². The molecule has 42 heavy (non-hydrogen) atoms. The quantitative estimate of drug-likeness (QED) is 0.269. The Hall–Kier alpha value is -5.30. The number of rotatable bonds is 8. The van der Waals surface area contributed by atoms with Gasteiger partial charge in [-0.25, -0.2) is 0 Å². The lowest BCUT2D eigenvalue weighted by Crippen LogP contribution is -2.34. The van der Waals surface area contributed by atoms with Gasteiger partial charge in [0.1, 0.15) is 18.5 Å². The van der Waals surface area contributed by atoms with Crippen LogP contribution >= 0.6 is 0 Å². The highest BCUT2D eigenvalue weighted by Gasteiger charge is 2.27. The first kappa shape index (κ1) is 28.2. The number of hydrogen-bond acceptors (Lipinski definition) is 6. The summed E-state index contributed by atoms with van der Waals surface area (Å²) < 4.78 is 24.0. The van der Waals surface area contributed by atoms with Gasteiger partial charge in [-0.2, -0.15) is 4.57 Å². The normalized spacial score (nSPS) is 12.8. The first-order valence-corrected chi connectivity index (χ1v) is 13.3. The monoisotopic (exact) mass is 561 g/mol. The van der Waals surface area contributed by atoms with Gasteiger partial charge in [-0.05, 0) is 76.6 Å². The van der Waals surface area contributed by atoms with Gasteiger partial charge in [0, 0.05) is 23.3 Å². The third-order valence-electron chi connectivity index (χ3n) is 7.23. The van der Waals surface area contributed by atoms with Crippen LogP contribution < -0.4 is 19.1 Å². The van der Waals surface area contributed by atoms with Crippen LogP contribution in [0.4, 0.5) is 0 Å². The van der Waals surface area contributed by atoms with E-state index in [4.69, 9.17) is 18.9 Å². The van der Waals surface area contributed by atoms with Crippen LogP contribution in [-0.4, -0.2) is 34.2 Å². The molecule has 3 aromatic carbocycles. The minimum Gasteiger partial charge on any atom is -0.867 e. The molecule has 0 saturated heterocycles. The molecule has 4 aromatic rings. The molecule has 7 nitrogen and oxygen atoms in total. The number of Topliss-reactive ketones (excluding diaryl/α,β-unsaturated/α-hetero) is 1. The second kappa shape index (κ2) is 12.1. The molecule has 0 atom stereocenters. The van der Waals surface area contributed by atoms with E-state index in [2.05, 4.69) is 41.0 Å². The van der Waals surface area contributed by atoms with Gasteiger partial charge >= 0.3 is 0 Å². The van der Waals surface area contributed by atoms with Crippen LogP contribution in [0.5, 0.6) is 17.2 Å². The average molecular weight is 562 g/mol. The van der Waals surface area contributed by atoms with E-state index in [1.807, 2.05) is 43.4 Å². The zero-order chi connectivity index (χ0) is 29.8. The number of aromatic nitrogens is 1. The lowest BCUT2D eigenvalue weighted by Gasteiger charge is -2.22. The molecule has 1 aliphatic carbocycles. The van der Waals surface area contributed by atoms with Crippen LogP contribution in [0.25, 0.3) is 28.1 Å². The van der Waals surface area contributed by atoms with E-state index >= 15 is 0 Å². The predicted octanol–water partition coefficient (Wildman–Crippen LogP) is 5.38. The van der Waals surface area contributed by atoms with Crippen LogP contribution in [0.2, 0.25) is 0 Å². The van der Waals surface area contributed by atoms with Gasteiger partial charge < -0.3 is 24.1 Å². The van der Waals surface area contributed by atoms with Gasteiger partial charge in [0.05, 0.1) is 28.4 Å². The number of allylic oxidation sites excluding steroid dienone is 3. The second-order valence-corrected chi connectivity index (χ2v) is 9.60. The second-order valence-electron chi connectivity index (χ2n) is 9.60. The molecule has 0 unspecified atom stereocenters. The van der Waals surface area contributed by atoms with E-state index in [9.17, 15) is 9.90 Å². The van der Waals surface area contributed by atoms with Crippen molar-refractivity contribution in [2.24, 2.45) is 7.05 Å². The number of hydrogen-bond donors (Lipinski definition) is 0. The summed E-state index contributed by atoms with van der Waals surface area (Å²) in [5.74, 6) is -0.183. The molecule has 1 aliphatic rings. The summed E-state index contributed by atoms with van der Waals surface area (Å²) in [6.07, 6.45) is 3.36. The van der Waals surface area contributed by atoms with Gasteiger partial charge in [-0.1, -0.05) is 36.4 Å². The Morgan fingerprint density at radius 3 is 1.48 bits per heavy atom. The van der Waals surface area contributed by atoms with Crippen LogP contribution in [0.1, 0.15) is 11.1 Å². The Morgan fingerprint density at radius 1 is 0.643 bits per heavy atom.